The van der Waals surface area contributed by atoms with E-state index in [1.165, 1.54) is 12.1 Å². The summed E-state index contributed by atoms with van der Waals surface area (Å²) in [5, 5.41) is 17.1. The van der Waals surface area contributed by atoms with Crippen molar-refractivity contribution in [3.8, 4) is 11.6 Å². The molecule has 0 saturated heterocycles. The smallest absolute Gasteiger partial charge is 0.397 e. The standard InChI is InChI=1S/C9H10N4O3/c1-5(2)8-10-9(12-11-8)6-3-4-7(16-6)13(14)15/h3-5H,1-2H3,(H,10,11,12). The average molecular weight is 222 g/mol. The van der Waals surface area contributed by atoms with Gasteiger partial charge in [-0.1, -0.05) is 13.8 Å². The molecule has 0 amide bonds. The van der Waals surface area contributed by atoms with Gasteiger partial charge in [0.1, 0.15) is 10.7 Å². The Morgan fingerprint density at radius 1 is 1.50 bits per heavy atom. The predicted molar refractivity (Wildman–Crippen MR) is 54.8 cm³/mol. The summed E-state index contributed by atoms with van der Waals surface area (Å²) in [7, 11) is 0. The van der Waals surface area contributed by atoms with Gasteiger partial charge in [0.15, 0.2) is 5.76 Å². The molecule has 2 aromatic heterocycles. The van der Waals surface area contributed by atoms with Crippen molar-refractivity contribution in [1.29, 1.82) is 0 Å². The Kier molecular flexibility index (Phi) is 2.43. The van der Waals surface area contributed by atoms with Crippen LogP contribution in [0, 0.1) is 10.1 Å². The quantitative estimate of drug-likeness (QED) is 0.633. The van der Waals surface area contributed by atoms with Crippen molar-refractivity contribution >= 4 is 5.88 Å². The highest BCUT2D eigenvalue weighted by Gasteiger charge is 2.16. The second-order valence-corrected chi connectivity index (χ2v) is 3.59. The predicted octanol–water partition coefficient (Wildman–Crippen LogP) is 2.10. The lowest BCUT2D eigenvalue weighted by Crippen LogP contribution is -1.89. The lowest BCUT2D eigenvalue weighted by Gasteiger charge is -1.94. The first kappa shape index (κ1) is 10.3. The molecule has 0 aromatic carbocycles. The molecule has 16 heavy (non-hydrogen) atoms. The van der Waals surface area contributed by atoms with E-state index in [4.69, 9.17) is 4.42 Å². The molecular weight excluding hydrogens is 212 g/mol. The maximum atomic E-state index is 10.4. The maximum Gasteiger partial charge on any atom is 0.433 e. The molecular formula is C9H10N4O3. The number of furan rings is 1. The van der Waals surface area contributed by atoms with Crippen molar-refractivity contribution in [2.75, 3.05) is 0 Å². The number of aromatic amines is 1. The summed E-state index contributed by atoms with van der Waals surface area (Å²) in [5.74, 6) is 1.23. The Morgan fingerprint density at radius 2 is 2.25 bits per heavy atom. The number of nitro groups is 1. The zero-order chi connectivity index (χ0) is 11.7. The van der Waals surface area contributed by atoms with Gasteiger partial charge in [-0.2, -0.15) is 5.10 Å². The van der Waals surface area contributed by atoms with Crippen molar-refractivity contribution in [3.63, 3.8) is 0 Å². The molecule has 0 saturated carbocycles. The highest BCUT2D eigenvalue weighted by molar-refractivity contribution is 5.48. The molecule has 0 fully saturated rings. The van der Waals surface area contributed by atoms with Crippen molar-refractivity contribution in [1.82, 2.24) is 15.2 Å². The fraction of sp³-hybridized carbons (Fsp3) is 0.333. The number of H-pyrrole nitrogens is 1. The van der Waals surface area contributed by atoms with Crippen LogP contribution < -0.4 is 0 Å². The van der Waals surface area contributed by atoms with E-state index in [9.17, 15) is 10.1 Å². The van der Waals surface area contributed by atoms with E-state index in [2.05, 4.69) is 15.2 Å². The van der Waals surface area contributed by atoms with Crippen molar-refractivity contribution in [2.45, 2.75) is 19.8 Å². The Morgan fingerprint density at radius 3 is 2.75 bits per heavy atom. The van der Waals surface area contributed by atoms with Gasteiger partial charge in [0.2, 0.25) is 5.82 Å². The fourth-order valence-corrected chi connectivity index (χ4v) is 1.19. The van der Waals surface area contributed by atoms with Crippen molar-refractivity contribution in [2.24, 2.45) is 0 Å². The van der Waals surface area contributed by atoms with Crippen LogP contribution in [0.15, 0.2) is 16.5 Å². The summed E-state index contributed by atoms with van der Waals surface area (Å²) in [6, 6.07) is 2.76. The van der Waals surface area contributed by atoms with Gasteiger partial charge in [0.05, 0.1) is 6.07 Å². The van der Waals surface area contributed by atoms with E-state index in [1.807, 2.05) is 13.8 Å². The van der Waals surface area contributed by atoms with Gasteiger partial charge in [-0.15, -0.1) is 0 Å². The van der Waals surface area contributed by atoms with Crippen molar-refractivity contribution < 1.29 is 9.34 Å². The monoisotopic (exact) mass is 222 g/mol. The number of nitrogens with one attached hydrogen (secondary N) is 1. The van der Waals surface area contributed by atoms with Crippen LogP contribution in [-0.4, -0.2) is 20.1 Å². The third-order valence-electron chi connectivity index (χ3n) is 2.04. The number of nitrogens with zero attached hydrogens (tertiary/aromatic N) is 3. The molecule has 0 aliphatic carbocycles. The van der Waals surface area contributed by atoms with Crippen LogP contribution >= 0.6 is 0 Å². The molecule has 0 atom stereocenters. The lowest BCUT2D eigenvalue weighted by atomic mass is 10.2. The molecule has 2 heterocycles. The molecule has 0 radical (unpaired) electrons. The van der Waals surface area contributed by atoms with E-state index >= 15 is 0 Å². The van der Waals surface area contributed by atoms with Gasteiger partial charge in [-0.25, -0.2) is 4.98 Å². The van der Waals surface area contributed by atoms with Gasteiger partial charge >= 0.3 is 5.88 Å². The lowest BCUT2D eigenvalue weighted by molar-refractivity contribution is -0.401. The highest BCUT2D eigenvalue weighted by Crippen LogP contribution is 2.23. The van der Waals surface area contributed by atoms with Crippen LogP contribution in [0.2, 0.25) is 0 Å². The minimum atomic E-state index is -0.598. The number of hydrogen-bond donors (Lipinski definition) is 1. The molecule has 84 valence electrons. The van der Waals surface area contributed by atoms with Crippen LogP contribution in [0.5, 0.6) is 0 Å². The summed E-state index contributed by atoms with van der Waals surface area (Å²) >= 11 is 0. The van der Waals surface area contributed by atoms with Gasteiger partial charge in [-0.05, 0) is 6.07 Å². The molecule has 7 heteroatoms. The number of hydrogen-bond acceptors (Lipinski definition) is 5. The Hall–Kier alpha value is -2.18. The Labute approximate surface area is 90.6 Å². The minimum absolute atomic E-state index is 0.214. The third kappa shape index (κ3) is 1.79. The largest absolute Gasteiger partial charge is 0.433 e. The fourth-order valence-electron chi connectivity index (χ4n) is 1.19. The van der Waals surface area contributed by atoms with Crippen LogP contribution in [0.3, 0.4) is 0 Å². The second kappa shape index (κ2) is 3.76. The number of aromatic nitrogens is 3. The van der Waals surface area contributed by atoms with Crippen molar-refractivity contribution in [3.05, 3.63) is 28.1 Å². The molecule has 7 nitrogen and oxygen atoms in total. The zero-order valence-corrected chi connectivity index (χ0v) is 8.80. The van der Waals surface area contributed by atoms with Crippen LogP contribution in [0.1, 0.15) is 25.6 Å². The molecule has 0 unspecified atom stereocenters. The minimum Gasteiger partial charge on any atom is -0.397 e. The second-order valence-electron chi connectivity index (χ2n) is 3.59. The van der Waals surface area contributed by atoms with Crippen LogP contribution in [-0.2, 0) is 0 Å². The first-order valence-corrected chi connectivity index (χ1v) is 4.75. The van der Waals surface area contributed by atoms with Gasteiger partial charge in [0, 0.05) is 5.92 Å². The van der Waals surface area contributed by atoms with E-state index in [0.29, 0.717) is 11.6 Å². The van der Waals surface area contributed by atoms with E-state index in [1.54, 1.807) is 0 Å². The van der Waals surface area contributed by atoms with E-state index < -0.39 is 4.92 Å². The number of rotatable bonds is 3. The zero-order valence-electron chi connectivity index (χ0n) is 8.80. The van der Waals surface area contributed by atoms with Gasteiger partial charge in [-0.3, -0.25) is 15.2 Å². The van der Waals surface area contributed by atoms with Crippen LogP contribution in [0.25, 0.3) is 11.6 Å². The van der Waals surface area contributed by atoms with Gasteiger partial charge in [0.25, 0.3) is 0 Å². The summed E-state index contributed by atoms with van der Waals surface area (Å²) in [5.41, 5.74) is 0. The summed E-state index contributed by atoms with van der Waals surface area (Å²) < 4.78 is 4.98. The molecule has 0 spiro atoms. The Bertz CT molecular complexity index is 514. The normalized spacial score (nSPS) is 10.9. The van der Waals surface area contributed by atoms with E-state index in [0.717, 1.165) is 0 Å². The van der Waals surface area contributed by atoms with Gasteiger partial charge < -0.3 is 4.42 Å². The van der Waals surface area contributed by atoms with Crippen LogP contribution in [0.4, 0.5) is 5.88 Å². The highest BCUT2D eigenvalue weighted by atomic mass is 16.6. The SMILES string of the molecule is CC(C)c1nc(-c2ccc([N+](=O)[O-])o2)n[nH]1. The molecule has 1 N–H and O–H groups in total. The molecule has 2 rings (SSSR count). The first-order valence-electron chi connectivity index (χ1n) is 4.75. The molecule has 0 aliphatic rings. The molecule has 0 aliphatic heterocycles. The summed E-state index contributed by atoms with van der Waals surface area (Å²) in [4.78, 5) is 14.0. The van der Waals surface area contributed by atoms with E-state index in [-0.39, 0.29) is 17.6 Å². The topological polar surface area (TPSA) is 97.8 Å². The third-order valence-corrected chi connectivity index (χ3v) is 2.04. The average Bonchev–Trinajstić information content (AvgIpc) is 2.86. The molecule has 0 bridgehead atoms. The Balaban J connectivity index is 2.31. The molecule has 2 aromatic rings. The first-order chi connectivity index (χ1) is 7.58. The summed E-state index contributed by atoms with van der Waals surface area (Å²) in [6.45, 7) is 3.93. The summed E-state index contributed by atoms with van der Waals surface area (Å²) in [6.07, 6.45) is 0. The maximum absolute atomic E-state index is 10.4.